The highest BCUT2D eigenvalue weighted by atomic mass is 79.9. The third-order valence-corrected chi connectivity index (χ3v) is 4.32. The van der Waals surface area contributed by atoms with E-state index in [9.17, 15) is 13.6 Å². The van der Waals surface area contributed by atoms with Gasteiger partial charge in [0.05, 0.1) is 0 Å². The highest BCUT2D eigenvalue weighted by molar-refractivity contribution is 9.10. The minimum absolute atomic E-state index is 0.240. The van der Waals surface area contributed by atoms with Gasteiger partial charge in [0.2, 0.25) is 0 Å². The highest BCUT2D eigenvalue weighted by Crippen LogP contribution is 2.16. The summed E-state index contributed by atoms with van der Waals surface area (Å²) in [7, 11) is 0. The number of hydrogen-bond acceptors (Lipinski definition) is 2. The maximum Gasteiger partial charge on any atom is 0.181 e. The molecule has 0 fully saturated rings. The van der Waals surface area contributed by atoms with Crippen molar-refractivity contribution in [1.29, 1.82) is 0 Å². The molecule has 2 rings (SSSR count). The lowest BCUT2D eigenvalue weighted by atomic mass is 10.0. The summed E-state index contributed by atoms with van der Waals surface area (Å²) in [4.78, 5) is 12.3. The van der Waals surface area contributed by atoms with Crippen molar-refractivity contribution < 1.29 is 13.6 Å². The maximum absolute atomic E-state index is 12.3. The van der Waals surface area contributed by atoms with Gasteiger partial charge in [-0.2, -0.15) is 0 Å². The van der Waals surface area contributed by atoms with Crippen molar-refractivity contribution in [2.24, 2.45) is 0 Å². The number of rotatable bonds is 5. The number of benzene rings is 2. The summed E-state index contributed by atoms with van der Waals surface area (Å²) in [6.45, 7) is 0. The second-order valence-electron chi connectivity index (χ2n) is 4.33. The lowest BCUT2D eigenvalue weighted by molar-refractivity contribution is 0.0986. The largest absolute Gasteiger partial charge is 0.306 e. The van der Waals surface area contributed by atoms with Crippen LogP contribution in [0.25, 0.3) is 0 Å². The monoisotopic (exact) mass is 352 g/mol. The Labute approximate surface area is 128 Å². The lowest BCUT2D eigenvalue weighted by Gasteiger charge is -2.12. The molecule has 0 aliphatic heterocycles. The molecule has 0 aliphatic rings. The van der Waals surface area contributed by atoms with Gasteiger partial charge in [0.1, 0.15) is 5.25 Å². The Morgan fingerprint density at radius 1 is 1.10 bits per heavy atom. The van der Waals surface area contributed by atoms with Crippen LogP contribution < -0.4 is 0 Å². The van der Waals surface area contributed by atoms with Crippen LogP contribution in [-0.4, -0.2) is 19.8 Å². The average Bonchev–Trinajstić information content (AvgIpc) is 2.46. The molecule has 3 nitrogen and oxygen atoms in total. The van der Waals surface area contributed by atoms with Gasteiger partial charge in [-0.15, -0.1) is 0 Å². The molecule has 0 heterocycles. The first-order valence-corrected chi connectivity index (χ1v) is 7.97. The van der Waals surface area contributed by atoms with Gasteiger partial charge in [-0.1, -0.05) is 58.4 Å². The summed E-state index contributed by atoms with van der Waals surface area (Å²) in [5, 5.41) is -0.946. The molecule has 104 valence electrons. The van der Waals surface area contributed by atoms with E-state index in [0.717, 1.165) is 10.0 Å². The van der Waals surface area contributed by atoms with Gasteiger partial charge in [-0.25, -0.2) is 4.21 Å². The number of carbonyl (C=O) groups excluding carboxylic acids is 1. The summed E-state index contributed by atoms with van der Waals surface area (Å²) >= 11 is 1.13. The van der Waals surface area contributed by atoms with Crippen molar-refractivity contribution in [2.45, 2.75) is 11.7 Å². The van der Waals surface area contributed by atoms with Gasteiger partial charge in [0, 0.05) is 10.0 Å². The van der Waals surface area contributed by atoms with Gasteiger partial charge in [-0.3, -0.25) is 4.79 Å². The third-order valence-electron chi connectivity index (χ3n) is 2.93. The number of Topliss-reactive ketones (excluding diaryl/α,β-unsaturated/α-hetero) is 1. The SMILES string of the molecule is O=C(c1ccccc1)C(Cc1ccc(Br)cc1)S(=O)O. The summed E-state index contributed by atoms with van der Waals surface area (Å²) in [6, 6.07) is 16.0. The lowest BCUT2D eigenvalue weighted by Crippen LogP contribution is -2.28. The van der Waals surface area contributed by atoms with Gasteiger partial charge < -0.3 is 4.55 Å². The fourth-order valence-corrected chi connectivity index (χ4v) is 2.80. The fraction of sp³-hybridized carbons (Fsp3) is 0.133. The Morgan fingerprint density at radius 3 is 2.25 bits per heavy atom. The number of ketones is 1. The third kappa shape index (κ3) is 3.85. The molecule has 2 atom stereocenters. The van der Waals surface area contributed by atoms with E-state index in [1.807, 2.05) is 24.3 Å². The predicted molar refractivity (Wildman–Crippen MR) is 83.2 cm³/mol. The minimum atomic E-state index is -2.20. The molecule has 2 aromatic carbocycles. The molecule has 5 heteroatoms. The smallest absolute Gasteiger partial charge is 0.181 e. The van der Waals surface area contributed by atoms with Crippen LogP contribution >= 0.6 is 15.9 Å². The second-order valence-corrected chi connectivity index (χ2v) is 6.36. The van der Waals surface area contributed by atoms with E-state index in [1.54, 1.807) is 30.3 Å². The Morgan fingerprint density at radius 2 is 1.70 bits per heavy atom. The maximum atomic E-state index is 12.3. The fourth-order valence-electron chi connectivity index (χ4n) is 1.88. The van der Waals surface area contributed by atoms with E-state index < -0.39 is 16.3 Å². The zero-order chi connectivity index (χ0) is 14.5. The van der Waals surface area contributed by atoms with E-state index in [2.05, 4.69) is 15.9 Å². The summed E-state index contributed by atoms with van der Waals surface area (Å²) in [6.07, 6.45) is 0.240. The van der Waals surface area contributed by atoms with Crippen molar-refractivity contribution in [3.8, 4) is 0 Å². The topological polar surface area (TPSA) is 54.4 Å². The van der Waals surface area contributed by atoms with E-state index in [-0.39, 0.29) is 12.2 Å². The van der Waals surface area contributed by atoms with Gasteiger partial charge in [0.25, 0.3) is 0 Å². The van der Waals surface area contributed by atoms with Crippen LogP contribution in [0.1, 0.15) is 15.9 Å². The van der Waals surface area contributed by atoms with Gasteiger partial charge in [0.15, 0.2) is 16.9 Å². The van der Waals surface area contributed by atoms with Crippen molar-refractivity contribution in [3.05, 3.63) is 70.2 Å². The number of hydrogen-bond donors (Lipinski definition) is 1. The van der Waals surface area contributed by atoms with E-state index >= 15 is 0 Å². The Bertz CT molecular complexity index is 611. The molecule has 1 N–H and O–H groups in total. The second kappa shape index (κ2) is 6.92. The molecule has 0 saturated heterocycles. The quantitative estimate of drug-likeness (QED) is 0.662. The molecule has 0 spiro atoms. The van der Waals surface area contributed by atoms with E-state index in [0.29, 0.717) is 5.56 Å². The standard InChI is InChI=1S/C15H13BrO3S/c16-13-8-6-11(7-9-13)10-14(20(18)19)15(17)12-4-2-1-3-5-12/h1-9,14H,10H2,(H,18,19). The molecule has 2 aromatic rings. The number of halogens is 1. The van der Waals surface area contributed by atoms with Crippen LogP contribution in [0.15, 0.2) is 59.1 Å². The molecule has 0 aromatic heterocycles. The van der Waals surface area contributed by atoms with Crippen LogP contribution in [0.2, 0.25) is 0 Å². The summed E-state index contributed by atoms with van der Waals surface area (Å²) in [5.74, 6) is -0.311. The average molecular weight is 353 g/mol. The Kier molecular flexibility index (Phi) is 5.23. The van der Waals surface area contributed by atoms with Crippen molar-refractivity contribution in [2.75, 3.05) is 0 Å². The Balaban J connectivity index is 2.21. The highest BCUT2D eigenvalue weighted by Gasteiger charge is 2.25. The molecule has 0 saturated carbocycles. The first-order chi connectivity index (χ1) is 9.58. The summed E-state index contributed by atoms with van der Waals surface area (Å²) in [5.41, 5.74) is 1.31. The van der Waals surface area contributed by atoms with Crippen LogP contribution in [0.4, 0.5) is 0 Å². The predicted octanol–water partition coefficient (Wildman–Crippen LogP) is 3.46. The molecule has 20 heavy (non-hydrogen) atoms. The molecule has 0 radical (unpaired) electrons. The zero-order valence-electron chi connectivity index (χ0n) is 10.5. The molecule has 0 aliphatic carbocycles. The van der Waals surface area contributed by atoms with Crippen LogP contribution in [0.3, 0.4) is 0 Å². The van der Waals surface area contributed by atoms with E-state index in [4.69, 9.17) is 0 Å². The van der Waals surface area contributed by atoms with Crippen molar-refractivity contribution in [1.82, 2.24) is 0 Å². The molecule has 2 unspecified atom stereocenters. The molecule has 0 amide bonds. The normalized spacial score (nSPS) is 13.7. The Hall–Kier alpha value is -1.30. The zero-order valence-corrected chi connectivity index (χ0v) is 12.9. The minimum Gasteiger partial charge on any atom is -0.306 e. The first-order valence-electron chi connectivity index (χ1n) is 6.01. The van der Waals surface area contributed by atoms with Crippen molar-refractivity contribution in [3.63, 3.8) is 0 Å². The summed E-state index contributed by atoms with van der Waals surface area (Å²) < 4.78 is 21.8. The number of carbonyl (C=O) groups is 1. The van der Waals surface area contributed by atoms with Gasteiger partial charge >= 0.3 is 0 Å². The van der Waals surface area contributed by atoms with Crippen molar-refractivity contribution >= 4 is 32.8 Å². The van der Waals surface area contributed by atoms with Crippen LogP contribution in [0, 0.1) is 0 Å². The van der Waals surface area contributed by atoms with Gasteiger partial charge in [-0.05, 0) is 24.1 Å². The first kappa shape index (κ1) is 15.1. The van der Waals surface area contributed by atoms with Crippen LogP contribution in [-0.2, 0) is 17.5 Å². The van der Waals surface area contributed by atoms with E-state index in [1.165, 1.54) is 0 Å². The molecule has 0 bridgehead atoms. The van der Waals surface area contributed by atoms with Crippen LogP contribution in [0.5, 0.6) is 0 Å². The molecular weight excluding hydrogens is 340 g/mol. The molecular formula is C15H13BrO3S.